The molecule has 0 aliphatic heterocycles. The van der Waals surface area contributed by atoms with Crippen LogP contribution in [0.5, 0.6) is 5.75 Å². The largest absolute Gasteiger partial charge is 0.496 e. The summed E-state index contributed by atoms with van der Waals surface area (Å²) in [6, 6.07) is 10.2. The van der Waals surface area contributed by atoms with Crippen molar-refractivity contribution in [1.82, 2.24) is 0 Å². The highest BCUT2D eigenvalue weighted by atomic mass is 35.5. The normalized spacial score (nSPS) is 12.6. The summed E-state index contributed by atoms with van der Waals surface area (Å²) in [4.78, 5) is 12.4. The predicted octanol–water partition coefficient (Wildman–Crippen LogP) is 5.07. The Morgan fingerprint density at radius 1 is 1.16 bits per heavy atom. The Labute approximate surface area is 157 Å². The van der Waals surface area contributed by atoms with E-state index in [1.807, 2.05) is 6.07 Å². The molecule has 2 aromatic rings. The first kappa shape index (κ1) is 19.6. The standard InChI is InChI=1S/C19H21Cl2NO3/c1-19(2,3)18(24)22-16-13(9-11(20)10-14(16)21)17(23)12-7-5-6-8-15(12)25-4/h5-10,17,23H,1-4H3,(H,22,24). The van der Waals surface area contributed by atoms with Crippen LogP contribution in [0.15, 0.2) is 36.4 Å². The van der Waals surface area contributed by atoms with Gasteiger partial charge in [-0.2, -0.15) is 0 Å². The third-order valence-corrected chi connectivity index (χ3v) is 4.25. The van der Waals surface area contributed by atoms with E-state index in [-0.39, 0.29) is 10.9 Å². The summed E-state index contributed by atoms with van der Waals surface area (Å²) >= 11 is 12.4. The van der Waals surface area contributed by atoms with Crippen LogP contribution in [0.3, 0.4) is 0 Å². The third-order valence-electron chi connectivity index (χ3n) is 3.73. The molecule has 0 aliphatic carbocycles. The first-order valence-electron chi connectivity index (χ1n) is 7.76. The fraction of sp³-hybridized carbons (Fsp3) is 0.316. The first-order chi connectivity index (χ1) is 11.6. The minimum atomic E-state index is -1.07. The molecular formula is C19H21Cl2NO3. The molecular weight excluding hydrogens is 361 g/mol. The second kappa shape index (κ2) is 7.65. The number of benzene rings is 2. The summed E-state index contributed by atoms with van der Waals surface area (Å²) in [5.74, 6) is 0.310. The summed E-state index contributed by atoms with van der Waals surface area (Å²) < 4.78 is 5.31. The maximum atomic E-state index is 12.4. The van der Waals surface area contributed by atoms with Crippen molar-refractivity contribution < 1.29 is 14.6 Å². The van der Waals surface area contributed by atoms with Crippen molar-refractivity contribution in [2.24, 2.45) is 5.41 Å². The zero-order chi connectivity index (χ0) is 18.8. The highest BCUT2D eigenvalue weighted by Gasteiger charge is 2.26. The molecule has 134 valence electrons. The number of methoxy groups -OCH3 is 1. The molecule has 2 aromatic carbocycles. The number of aliphatic hydroxyl groups is 1. The first-order valence-corrected chi connectivity index (χ1v) is 8.52. The summed E-state index contributed by atoms with van der Waals surface area (Å²) in [5, 5.41) is 14.3. The number of nitrogens with one attached hydrogen (secondary N) is 1. The van der Waals surface area contributed by atoms with Gasteiger partial charge in [-0.15, -0.1) is 0 Å². The predicted molar refractivity (Wildman–Crippen MR) is 102 cm³/mol. The van der Waals surface area contributed by atoms with Gasteiger partial charge in [-0.25, -0.2) is 0 Å². The summed E-state index contributed by atoms with van der Waals surface area (Å²) in [6.45, 7) is 5.38. The van der Waals surface area contributed by atoms with Gasteiger partial charge in [0.1, 0.15) is 11.9 Å². The molecule has 25 heavy (non-hydrogen) atoms. The zero-order valence-electron chi connectivity index (χ0n) is 14.6. The molecule has 2 rings (SSSR count). The van der Waals surface area contributed by atoms with Gasteiger partial charge in [-0.05, 0) is 18.2 Å². The lowest BCUT2D eigenvalue weighted by Crippen LogP contribution is -2.28. The summed E-state index contributed by atoms with van der Waals surface area (Å²) in [7, 11) is 1.53. The van der Waals surface area contributed by atoms with E-state index in [9.17, 15) is 9.90 Å². The molecule has 1 atom stereocenters. The second-order valence-corrected chi connectivity index (χ2v) is 7.54. The minimum absolute atomic E-state index is 0.217. The van der Waals surface area contributed by atoms with Crippen molar-refractivity contribution in [2.45, 2.75) is 26.9 Å². The number of hydrogen-bond donors (Lipinski definition) is 2. The molecule has 0 aliphatic rings. The number of rotatable bonds is 4. The van der Waals surface area contributed by atoms with Gasteiger partial charge in [0.2, 0.25) is 5.91 Å². The van der Waals surface area contributed by atoms with Crippen molar-refractivity contribution in [1.29, 1.82) is 0 Å². The van der Waals surface area contributed by atoms with E-state index >= 15 is 0 Å². The van der Waals surface area contributed by atoms with E-state index in [4.69, 9.17) is 27.9 Å². The van der Waals surface area contributed by atoms with Gasteiger partial charge >= 0.3 is 0 Å². The van der Waals surface area contributed by atoms with Gasteiger partial charge in [0.05, 0.1) is 17.8 Å². The Morgan fingerprint density at radius 2 is 1.80 bits per heavy atom. The molecule has 0 spiro atoms. The fourth-order valence-corrected chi connectivity index (χ4v) is 2.86. The molecule has 0 saturated carbocycles. The minimum Gasteiger partial charge on any atom is -0.496 e. The Morgan fingerprint density at radius 3 is 2.40 bits per heavy atom. The molecule has 0 aromatic heterocycles. The van der Waals surface area contributed by atoms with E-state index in [1.54, 1.807) is 45.0 Å². The second-order valence-electron chi connectivity index (χ2n) is 6.70. The van der Waals surface area contributed by atoms with Crippen molar-refractivity contribution >= 4 is 34.8 Å². The maximum Gasteiger partial charge on any atom is 0.229 e. The molecule has 1 amide bonds. The van der Waals surface area contributed by atoms with Crippen LogP contribution >= 0.6 is 23.2 Å². The van der Waals surface area contributed by atoms with Crippen molar-refractivity contribution in [3.05, 3.63) is 57.6 Å². The lowest BCUT2D eigenvalue weighted by atomic mass is 9.94. The van der Waals surface area contributed by atoms with Crippen LogP contribution in [-0.4, -0.2) is 18.1 Å². The number of carbonyl (C=O) groups excluding carboxylic acids is 1. The van der Waals surface area contributed by atoms with E-state index in [0.29, 0.717) is 27.6 Å². The molecule has 0 fully saturated rings. The Balaban J connectivity index is 2.54. The molecule has 6 heteroatoms. The number of ether oxygens (including phenoxy) is 1. The van der Waals surface area contributed by atoms with Crippen molar-refractivity contribution in [3.63, 3.8) is 0 Å². The molecule has 4 nitrogen and oxygen atoms in total. The number of halogens is 2. The van der Waals surface area contributed by atoms with Gasteiger partial charge in [-0.1, -0.05) is 62.2 Å². The Kier molecular flexibility index (Phi) is 5.99. The lowest BCUT2D eigenvalue weighted by molar-refractivity contribution is -0.123. The number of aliphatic hydroxyl groups excluding tert-OH is 1. The van der Waals surface area contributed by atoms with Crippen LogP contribution < -0.4 is 10.1 Å². The molecule has 0 bridgehead atoms. The van der Waals surface area contributed by atoms with Gasteiger partial charge in [0.25, 0.3) is 0 Å². The topological polar surface area (TPSA) is 58.6 Å². The van der Waals surface area contributed by atoms with E-state index in [2.05, 4.69) is 5.32 Å². The zero-order valence-corrected chi connectivity index (χ0v) is 16.1. The molecule has 1 unspecified atom stereocenters. The monoisotopic (exact) mass is 381 g/mol. The highest BCUT2D eigenvalue weighted by Crippen LogP contribution is 2.39. The number of amides is 1. The molecule has 0 saturated heterocycles. The van der Waals surface area contributed by atoms with Crippen LogP contribution in [0.2, 0.25) is 10.0 Å². The van der Waals surface area contributed by atoms with Gasteiger partial charge in [-0.3, -0.25) is 4.79 Å². The van der Waals surface area contributed by atoms with Crippen LogP contribution in [0.1, 0.15) is 38.0 Å². The van der Waals surface area contributed by atoms with Crippen LogP contribution in [-0.2, 0) is 4.79 Å². The quantitative estimate of drug-likeness (QED) is 0.776. The van der Waals surface area contributed by atoms with Crippen LogP contribution in [0.25, 0.3) is 0 Å². The Bertz CT molecular complexity index is 785. The smallest absolute Gasteiger partial charge is 0.229 e. The van der Waals surface area contributed by atoms with E-state index in [1.165, 1.54) is 13.2 Å². The Hall–Kier alpha value is -1.75. The van der Waals surface area contributed by atoms with Crippen molar-refractivity contribution in [2.75, 3.05) is 12.4 Å². The SMILES string of the molecule is COc1ccccc1C(O)c1cc(Cl)cc(Cl)c1NC(=O)C(C)(C)C. The van der Waals surface area contributed by atoms with Crippen molar-refractivity contribution in [3.8, 4) is 5.75 Å². The number of hydrogen-bond acceptors (Lipinski definition) is 3. The lowest BCUT2D eigenvalue weighted by Gasteiger charge is -2.23. The summed E-state index contributed by atoms with van der Waals surface area (Å²) in [5.41, 5.74) is 0.675. The maximum absolute atomic E-state index is 12.4. The number of carbonyl (C=O) groups is 1. The molecule has 2 N–H and O–H groups in total. The van der Waals surface area contributed by atoms with E-state index in [0.717, 1.165) is 0 Å². The van der Waals surface area contributed by atoms with Gasteiger partial charge in [0, 0.05) is 21.6 Å². The third kappa shape index (κ3) is 4.46. The number of anilines is 1. The van der Waals surface area contributed by atoms with Crippen LogP contribution in [0, 0.1) is 5.41 Å². The molecule has 0 heterocycles. The van der Waals surface area contributed by atoms with Crippen LogP contribution in [0.4, 0.5) is 5.69 Å². The highest BCUT2D eigenvalue weighted by molar-refractivity contribution is 6.37. The summed E-state index contributed by atoms with van der Waals surface area (Å²) in [6.07, 6.45) is -1.07. The molecule has 0 radical (unpaired) electrons. The average molecular weight is 382 g/mol. The fourth-order valence-electron chi connectivity index (χ4n) is 2.30. The average Bonchev–Trinajstić information content (AvgIpc) is 2.55. The van der Waals surface area contributed by atoms with Gasteiger partial charge < -0.3 is 15.2 Å². The van der Waals surface area contributed by atoms with Gasteiger partial charge in [0.15, 0.2) is 0 Å². The van der Waals surface area contributed by atoms with E-state index < -0.39 is 11.5 Å². The number of para-hydroxylation sites is 1.